The molecule has 17 heavy (non-hydrogen) atoms. The van der Waals surface area contributed by atoms with E-state index in [1.54, 1.807) is 11.3 Å². The number of aromatic nitrogens is 3. The molecule has 5 heteroatoms. The number of nitrogens with zero attached hydrogens (tertiary/aromatic N) is 2. The number of rotatable bonds is 2. The first-order chi connectivity index (χ1) is 8.33. The van der Waals surface area contributed by atoms with Gasteiger partial charge in [0.05, 0.1) is 8.66 Å². The highest BCUT2D eigenvalue weighted by Crippen LogP contribution is 2.29. The summed E-state index contributed by atoms with van der Waals surface area (Å²) in [6.07, 6.45) is 0. The van der Waals surface area contributed by atoms with Gasteiger partial charge in [-0.25, -0.2) is 4.98 Å². The Labute approximate surface area is 111 Å². The van der Waals surface area contributed by atoms with Gasteiger partial charge in [0.25, 0.3) is 0 Å². The van der Waals surface area contributed by atoms with Crippen molar-refractivity contribution in [3.63, 3.8) is 0 Å². The summed E-state index contributed by atoms with van der Waals surface area (Å²) in [5.74, 6) is 1.53. The maximum absolute atomic E-state index is 4.49. The minimum absolute atomic E-state index is 0.727. The second kappa shape index (κ2) is 4.43. The molecule has 2 heterocycles. The third kappa shape index (κ3) is 2.16. The molecule has 0 saturated carbocycles. The van der Waals surface area contributed by atoms with Crippen LogP contribution in [-0.2, 0) is 0 Å². The summed E-state index contributed by atoms with van der Waals surface area (Å²) in [4.78, 5) is 5.56. The van der Waals surface area contributed by atoms with Gasteiger partial charge in [0.15, 0.2) is 11.6 Å². The van der Waals surface area contributed by atoms with E-state index >= 15 is 0 Å². The normalized spacial score (nSPS) is 10.6. The number of nitrogens with one attached hydrogen (secondary N) is 1. The van der Waals surface area contributed by atoms with Gasteiger partial charge < -0.3 is 0 Å². The molecule has 0 aliphatic rings. The summed E-state index contributed by atoms with van der Waals surface area (Å²) in [6, 6.07) is 14.0. The maximum Gasteiger partial charge on any atom is 0.181 e. The van der Waals surface area contributed by atoms with Crippen molar-refractivity contribution >= 4 is 27.3 Å². The van der Waals surface area contributed by atoms with Gasteiger partial charge in [-0.3, -0.25) is 5.10 Å². The van der Waals surface area contributed by atoms with Crippen molar-refractivity contribution < 1.29 is 0 Å². The van der Waals surface area contributed by atoms with Crippen molar-refractivity contribution in [2.24, 2.45) is 0 Å². The van der Waals surface area contributed by atoms with Gasteiger partial charge >= 0.3 is 0 Å². The molecule has 2 aromatic heterocycles. The average Bonchev–Trinajstić information content (AvgIpc) is 2.98. The number of hydrogen-bond acceptors (Lipinski definition) is 3. The zero-order valence-corrected chi connectivity index (χ0v) is 11.1. The molecule has 0 saturated heterocycles. The van der Waals surface area contributed by atoms with Crippen LogP contribution in [0.4, 0.5) is 0 Å². The predicted octanol–water partition coefficient (Wildman–Crippen LogP) is 3.96. The summed E-state index contributed by atoms with van der Waals surface area (Å²) in [7, 11) is 0. The zero-order chi connectivity index (χ0) is 11.7. The Hall–Kier alpha value is -1.46. The van der Waals surface area contributed by atoms with Crippen LogP contribution in [-0.4, -0.2) is 15.2 Å². The van der Waals surface area contributed by atoms with Gasteiger partial charge in [0.1, 0.15) is 0 Å². The number of halogens is 1. The molecule has 0 amide bonds. The largest absolute Gasteiger partial charge is 0.258 e. The Morgan fingerprint density at radius 2 is 1.88 bits per heavy atom. The molecule has 0 radical (unpaired) electrons. The quantitative estimate of drug-likeness (QED) is 0.778. The average molecular weight is 306 g/mol. The predicted molar refractivity (Wildman–Crippen MR) is 72.8 cm³/mol. The first kappa shape index (κ1) is 10.7. The lowest BCUT2D eigenvalue weighted by Crippen LogP contribution is -1.78. The van der Waals surface area contributed by atoms with Crippen LogP contribution in [0.15, 0.2) is 46.3 Å². The fraction of sp³-hybridized carbons (Fsp3) is 0. The van der Waals surface area contributed by atoms with Crippen molar-refractivity contribution in [3.8, 4) is 22.1 Å². The van der Waals surface area contributed by atoms with Gasteiger partial charge in [0.2, 0.25) is 0 Å². The molecule has 3 nitrogen and oxygen atoms in total. The lowest BCUT2D eigenvalue weighted by atomic mass is 10.2. The van der Waals surface area contributed by atoms with E-state index in [1.807, 2.05) is 42.5 Å². The Balaban J connectivity index is 1.99. The monoisotopic (exact) mass is 305 g/mol. The number of aromatic amines is 1. The molecular weight excluding hydrogens is 298 g/mol. The van der Waals surface area contributed by atoms with Crippen molar-refractivity contribution in [2.75, 3.05) is 0 Å². The number of thiophene rings is 1. The van der Waals surface area contributed by atoms with E-state index in [1.165, 1.54) is 0 Å². The van der Waals surface area contributed by atoms with E-state index < -0.39 is 0 Å². The van der Waals surface area contributed by atoms with Crippen LogP contribution >= 0.6 is 27.3 Å². The van der Waals surface area contributed by atoms with Gasteiger partial charge in [-0.1, -0.05) is 30.3 Å². The van der Waals surface area contributed by atoms with E-state index in [4.69, 9.17) is 0 Å². The molecule has 0 unspecified atom stereocenters. The van der Waals surface area contributed by atoms with Crippen LogP contribution < -0.4 is 0 Å². The molecule has 0 spiro atoms. The molecule has 1 N–H and O–H groups in total. The summed E-state index contributed by atoms with van der Waals surface area (Å²) < 4.78 is 1.09. The highest BCUT2D eigenvalue weighted by molar-refractivity contribution is 9.11. The summed E-state index contributed by atoms with van der Waals surface area (Å²) in [5, 5.41) is 7.19. The van der Waals surface area contributed by atoms with Crippen molar-refractivity contribution in [1.29, 1.82) is 0 Å². The molecular formula is C12H8BrN3S. The first-order valence-electron chi connectivity index (χ1n) is 5.06. The fourth-order valence-electron chi connectivity index (χ4n) is 1.53. The van der Waals surface area contributed by atoms with Crippen molar-refractivity contribution in [3.05, 3.63) is 46.3 Å². The Bertz CT molecular complexity index is 630. The van der Waals surface area contributed by atoms with Crippen LogP contribution in [0.2, 0.25) is 0 Å². The molecule has 1 aromatic carbocycles. The van der Waals surface area contributed by atoms with Crippen molar-refractivity contribution in [2.45, 2.75) is 0 Å². The minimum Gasteiger partial charge on any atom is -0.258 e. The zero-order valence-electron chi connectivity index (χ0n) is 8.72. The molecule has 3 aromatic rings. The smallest absolute Gasteiger partial charge is 0.181 e. The number of hydrogen-bond donors (Lipinski definition) is 1. The van der Waals surface area contributed by atoms with E-state index in [0.717, 1.165) is 25.9 Å². The Morgan fingerprint density at radius 1 is 1.06 bits per heavy atom. The van der Waals surface area contributed by atoms with E-state index in [2.05, 4.69) is 31.1 Å². The van der Waals surface area contributed by atoms with Crippen LogP contribution in [0.25, 0.3) is 22.1 Å². The van der Waals surface area contributed by atoms with Crippen LogP contribution in [0.5, 0.6) is 0 Å². The second-order valence-corrected chi connectivity index (χ2v) is 5.94. The molecule has 3 rings (SSSR count). The van der Waals surface area contributed by atoms with Gasteiger partial charge in [-0.2, -0.15) is 5.10 Å². The van der Waals surface area contributed by atoms with Crippen LogP contribution in [0.3, 0.4) is 0 Å². The molecule has 0 aliphatic carbocycles. The molecule has 84 valence electrons. The van der Waals surface area contributed by atoms with Gasteiger partial charge in [-0.15, -0.1) is 11.3 Å². The molecule has 0 atom stereocenters. The number of benzene rings is 1. The Morgan fingerprint density at radius 3 is 2.59 bits per heavy atom. The fourth-order valence-corrected chi connectivity index (χ4v) is 2.86. The molecule has 0 bridgehead atoms. The van der Waals surface area contributed by atoms with Crippen LogP contribution in [0, 0.1) is 0 Å². The maximum atomic E-state index is 4.49. The minimum atomic E-state index is 0.727. The summed E-state index contributed by atoms with van der Waals surface area (Å²) >= 11 is 5.07. The third-order valence-electron chi connectivity index (χ3n) is 2.32. The van der Waals surface area contributed by atoms with Gasteiger partial charge in [0, 0.05) is 5.56 Å². The first-order valence-corrected chi connectivity index (χ1v) is 6.67. The third-order valence-corrected chi connectivity index (χ3v) is 3.95. The van der Waals surface area contributed by atoms with E-state index in [0.29, 0.717) is 0 Å². The summed E-state index contributed by atoms with van der Waals surface area (Å²) in [6.45, 7) is 0. The Kier molecular flexibility index (Phi) is 2.78. The molecule has 0 aliphatic heterocycles. The van der Waals surface area contributed by atoms with Gasteiger partial charge in [-0.05, 0) is 28.1 Å². The highest BCUT2D eigenvalue weighted by atomic mass is 79.9. The van der Waals surface area contributed by atoms with Crippen molar-refractivity contribution in [1.82, 2.24) is 15.2 Å². The number of H-pyrrole nitrogens is 1. The standard InChI is InChI=1S/C12H8BrN3S/c13-10-7-6-9(17-10)12-14-11(15-16-12)8-4-2-1-3-5-8/h1-7H,(H,14,15,16). The van der Waals surface area contributed by atoms with E-state index in [9.17, 15) is 0 Å². The topological polar surface area (TPSA) is 41.6 Å². The lowest BCUT2D eigenvalue weighted by Gasteiger charge is -1.91. The molecule has 0 fully saturated rings. The summed E-state index contributed by atoms with van der Waals surface area (Å²) in [5.41, 5.74) is 1.02. The van der Waals surface area contributed by atoms with E-state index in [-0.39, 0.29) is 0 Å². The second-order valence-electron chi connectivity index (χ2n) is 3.48. The van der Waals surface area contributed by atoms with Crippen LogP contribution in [0.1, 0.15) is 0 Å². The lowest BCUT2D eigenvalue weighted by molar-refractivity contribution is 1.10. The SMILES string of the molecule is Brc1ccc(-c2nc(-c3ccccc3)n[nH]2)s1. The highest BCUT2D eigenvalue weighted by Gasteiger charge is 2.08.